The molecule has 1 atom stereocenters. The summed E-state index contributed by atoms with van der Waals surface area (Å²) in [5, 5.41) is 8.21. The Labute approximate surface area is 176 Å². The van der Waals surface area contributed by atoms with Crippen LogP contribution in [0.15, 0.2) is 96.2 Å². The normalized spacial score (nSPS) is 12.6. The molecule has 0 aliphatic heterocycles. The standard InChI is InChI=1S/C23H22N4O2S/c1-18-7-9-19(10-8-18)20-11-13-22(14-12-20)30(28,29)26-23(17-27-24-15-16-25-27)21-5-3-2-4-6-21/h2-16,23,26H,17H2,1H3. The summed E-state index contributed by atoms with van der Waals surface area (Å²) in [6.45, 7) is 2.32. The number of hydrogen-bond acceptors (Lipinski definition) is 4. The highest BCUT2D eigenvalue weighted by molar-refractivity contribution is 7.89. The molecule has 0 aliphatic rings. The van der Waals surface area contributed by atoms with Crippen LogP contribution < -0.4 is 4.72 Å². The molecule has 0 spiro atoms. The van der Waals surface area contributed by atoms with Gasteiger partial charge in [0.25, 0.3) is 0 Å². The Morgan fingerprint density at radius 1 is 0.833 bits per heavy atom. The molecule has 0 radical (unpaired) electrons. The van der Waals surface area contributed by atoms with Crippen molar-refractivity contribution in [1.82, 2.24) is 19.7 Å². The zero-order chi connectivity index (χ0) is 21.0. The van der Waals surface area contributed by atoms with Crippen LogP contribution >= 0.6 is 0 Å². The van der Waals surface area contributed by atoms with E-state index in [0.29, 0.717) is 0 Å². The Morgan fingerprint density at radius 3 is 2.00 bits per heavy atom. The van der Waals surface area contributed by atoms with Crippen molar-refractivity contribution in [3.8, 4) is 11.1 Å². The van der Waals surface area contributed by atoms with Gasteiger partial charge in [0.2, 0.25) is 10.0 Å². The van der Waals surface area contributed by atoms with E-state index in [-0.39, 0.29) is 11.4 Å². The number of benzene rings is 3. The van der Waals surface area contributed by atoms with Crippen LogP contribution in [0.3, 0.4) is 0 Å². The second-order valence-electron chi connectivity index (χ2n) is 7.06. The third-order valence-electron chi connectivity index (χ3n) is 4.86. The number of nitrogens with zero attached hydrogens (tertiary/aromatic N) is 3. The molecule has 3 aromatic carbocycles. The summed E-state index contributed by atoms with van der Waals surface area (Å²) in [7, 11) is -3.74. The van der Waals surface area contributed by atoms with Crippen molar-refractivity contribution in [2.75, 3.05) is 0 Å². The second-order valence-corrected chi connectivity index (χ2v) is 8.77. The summed E-state index contributed by atoms with van der Waals surface area (Å²) < 4.78 is 29.0. The van der Waals surface area contributed by atoms with Gasteiger partial charge in [-0.15, -0.1) is 0 Å². The first kappa shape index (κ1) is 20.0. The molecule has 1 unspecified atom stereocenters. The lowest BCUT2D eigenvalue weighted by molar-refractivity contribution is 0.444. The molecule has 0 amide bonds. The van der Waals surface area contributed by atoms with Crippen molar-refractivity contribution in [2.24, 2.45) is 0 Å². The van der Waals surface area contributed by atoms with E-state index >= 15 is 0 Å². The SMILES string of the molecule is Cc1ccc(-c2ccc(S(=O)(=O)NC(Cn3nccn3)c3ccccc3)cc2)cc1. The van der Waals surface area contributed by atoms with Crippen molar-refractivity contribution < 1.29 is 8.42 Å². The van der Waals surface area contributed by atoms with Gasteiger partial charge in [-0.25, -0.2) is 13.1 Å². The van der Waals surface area contributed by atoms with E-state index in [2.05, 4.69) is 14.9 Å². The lowest BCUT2D eigenvalue weighted by Gasteiger charge is -2.19. The van der Waals surface area contributed by atoms with Crippen LogP contribution in [0.2, 0.25) is 0 Å². The van der Waals surface area contributed by atoms with Gasteiger partial charge < -0.3 is 0 Å². The van der Waals surface area contributed by atoms with Gasteiger partial charge in [-0.1, -0.05) is 72.3 Å². The fourth-order valence-corrected chi connectivity index (χ4v) is 4.44. The quantitative estimate of drug-likeness (QED) is 0.493. The van der Waals surface area contributed by atoms with Crippen molar-refractivity contribution >= 4 is 10.0 Å². The monoisotopic (exact) mass is 418 g/mol. The molecule has 0 saturated heterocycles. The van der Waals surface area contributed by atoms with Crippen LogP contribution in [0.4, 0.5) is 0 Å². The first-order valence-corrected chi connectivity index (χ1v) is 11.1. The van der Waals surface area contributed by atoms with E-state index in [1.807, 2.05) is 73.7 Å². The lowest BCUT2D eigenvalue weighted by Crippen LogP contribution is -2.32. The second kappa shape index (κ2) is 8.61. The third kappa shape index (κ3) is 4.64. The Hall–Kier alpha value is -3.29. The number of rotatable bonds is 7. The van der Waals surface area contributed by atoms with Crippen molar-refractivity contribution in [1.29, 1.82) is 0 Å². The summed E-state index contributed by atoms with van der Waals surface area (Å²) in [6, 6.07) is 24.0. The van der Waals surface area contributed by atoms with E-state index in [9.17, 15) is 8.42 Å². The molecule has 6 nitrogen and oxygen atoms in total. The van der Waals surface area contributed by atoms with Gasteiger partial charge in [0.1, 0.15) is 0 Å². The van der Waals surface area contributed by atoms with Crippen molar-refractivity contribution in [3.05, 3.63) is 102 Å². The lowest BCUT2D eigenvalue weighted by atomic mass is 10.0. The summed E-state index contributed by atoms with van der Waals surface area (Å²) in [6.07, 6.45) is 3.14. The highest BCUT2D eigenvalue weighted by atomic mass is 32.2. The molecule has 0 bridgehead atoms. The molecule has 4 rings (SSSR count). The van der Waals surface area contributed by atoms with E-state index in [0.717, 1.165) is 16.7 Å². The molecule has 152 valence electrons. The minimum absolute atomic E-state index is 0.215. The van der Waals surface area contributed by atoms with Gasteiger partial charge >= 0.3 is 0 Å². The summed E-state index contributed by atoms with van der Waals surface area (Å²) in [5.41, 5.74) is 4.04. The Bertz CT molecular complexity index is 1190. The van der Waals surface area contributed by atoms with E-state index in [1.54, 1.807) is 24.5 Å². The molecule has 7 heteroatoms. The van der Waals surface area contributed by atoms with Gasteiger partial charge in [0.05, 0.1) is 29.9 Å². The maximum atomic E-state index is 13.1. The smallest absolute Gasteiger partial charge is 0.207 e. The topological polar surface area (TPSA) is 76.9 Å². The number of aromatic nitrogens is 3. The average Bonchev–Trinajstić information content (AvgIpc) is 3.28. The highest BCUT2D eigenvalue weighted by Gasteiger charge is 2.22. The first-order valence-electron chi connectivity index (χ1n) is 9.60. The van der Waals surface area contributed by atoms with Gasteiger partial charge in [-0.2, -0.15) is 15.0 Å². The van der Waals surface area contributed by atoms with E-state index in [4.69, 9.17) is 0 Å². The molecular formula is C23H22N4O2S. The molecular weight excluding hydrogens is 396 g/mol. The molecule has 1 N–H and O–H groups in total. The van der Waals surface area contributed by atoms with Crippen molar-refractivity contribution in [2.45, 2.75) is 24.4 Å². The van der Waals surface area contributed by atoms with Gasteiger partial charge in [0, 0.05) is 0 Å². The largest absolute Gasteiger partial charge is 0.241 e. The van der Waals surface area contributed by atoms with Crippen molar-refractivity contribution in [3.63, 3.8) is 0 Å². The summed E-state index contributed by atoms with van der Waals surface area (Å²) in [4.78, 5) is 1.69. The van der Waals surface area contributed by atoms with Crippen LogP contribution in [0, 0.1) is 6.92 Å². The highest BCUT2D eigenvalue weighted by Crippen LogP contribution is 2.23. The first-order chi connectivity index (χ1) is 14.5. The minimum atomic E-state index is -3.74. The van der Waals surface area contributed by atoms with Gasteiger partial charge in [-0.3, -0.25) is 0 Å². The average molecular weight is 419 g/mol. The molecule has 4 aromatic rings. The predicted octanol–water partition coefficient (Wildman–Crippen LogP) is 3.97. The summed E-state index contributed by atoms with van der Waals surface area (Å²) in [5.74, 6) is 0. The molecule has 30 heavy (non-hydrogen) atoms. The number of sulfonamides is 1. The fourth-order valence-electron chi connectivity index (χ4n) is 3.22. The van der Waals surface area contributed by atoms with Crippen LogP contribution in [0.25, 0.3) is 11.1 Å². The third-order valence-corrected chi connectivity index (χ3v) is 6.35. The zero-order valence-corrected chi connectivity index (χ0v) is 17.3. The predicted molar refractivity (Wildman–Crippen MR) is 116 cm³/mol. The van der Waals surface area contributed by atoms with Crippen LogP contribution in [0.5, 0.6) is 0 Å². The number of hydrogen-bond donors (Lipinski definition) is 1. The van der Waals surface area contributed by atoms with Gasteiger partial charge in [-0.05, 0) is 35.7 Å². The molecule has 0 aliphatic carbocycles. The molecule has 0 fully saturated rings. The van der Waals surface area contributed by atoms with Crippen LogP contribution in [-0.4, -0.2) is 23.4 Å². The Kier molecular flexibility index (Phi) is 5.74. The fraction of sp³-hybridized carbons (Fsp3) is 0.130. The molecule has 1 heterocycles. The number of nitrogens with one attached hydrogen (secondary N) is 1. The maximum absolute atomic E-state index is 13.1. The van der Waals surface area contributed by atoms with Gasteiger partial charge in [0.15, 0.2) is 0 Å². The minimum Gasteiger partial charge on any atom is -0.207 e. The molecule has 0 saturated carbocycles. The van der Waals surface area contributed by atoms with E-state index < -0.39 is 16.1 Å². The van der Waals surface area contributed by atoms with Crippen LogP contribution in [-0.2, 0) is 16.6 Å². The Balaban J connectivity index is 1.58. The summed E-state index contributed by atoms with van der Waals surface area (Å²) >= 11 is 0. The Morgan fingerprint density at radius 2 is 1.40 bits per heavy atom. The maximum Gasteiger partial charge on any atom is 0.241 e. The van der Waals surface area contributed by atoms with E-state index in [1.165, 1.54) is 10.4 Å². The number of aryl methyl sites for hydroxylation is 1. The molecule has 1 aromatic heterocycles. The van der Waals surface area contributed by atoms with Crippen LogP contribution in [0.1, 0.15) is 17.2 Å². The zero-order valence-electron chi connectivity index (χ0n) is 16.5.